The van der Waals surface area contributed by atoms with Crippen LogP contribution >= 0.6 is 0 Å². The van der Waals surface area contributed by atoms with Gasteiger partial charge in [0, 0.05) is 12.1 Å². The molecule has 104 valence electrons. The molecule has 1 aliphatic carbocycles. The summed E-state index contributed by atoms with van der Waals surface area (Å²) >= 11 is 0. The number of aliphatic hydroxyl groups is 1. The quantitative estimate of drug-likeness (QED) is 0.893. The minimum atomic E-state index is -0.411. The molecule has 3 rings (SSSR count). The van der Waals surface area contributed by atoms with Crippen LogP contribution in [0.4, 0.5) is 0 Å². The Bertz CT molecular complexity index is 567. The van der Waals surface area contributed by atoms with E-state index in [1.54, 1.807) is 0 Å². The van der Waals surface area contributed by atoms with Gasteiger partial charge in [-0.3, -0.25) is 0 Å². The number of aryl methyl sites for hydroxylation is 1. The van der Waals surface area contributed by atoms with Gasteiger partial charge in [-0.1, -0.05) is 54.6 Å². The lowest BCUT2D eigenvalue weighted by molar-refractivity contribution is 0.109. The fraction of sp³-hybridized carbons (Fsp3) is 0.333. The average Bonchev–Trinajstić information content (AvgIpc) is 2.51. The zero-order valence-electron chi connectivity index (χ0n) is 11.8. The third-order valence-electron chi connectivity index (χ3n) is 4.24. The molecule has 0 amide bonds. The van der Waals surface area contributed by atoms with Crippen LogP contribution in [0.25, 0.3) is 0 Å². The van der Waals surface area contributed by atoms with Gasteiger partial charge in [0.1, 0.15) is 0 Å². The summed E-state index contributed by atoms with van der Waals surface area (Å²) in [6.45, 7) is 2.16. The fourth-order valence-electron chi connectivity index (χ4n) is 3.07. The second-order valence-corrected chi connectivity index (χ2v) is 5.59. The summed E-state index contributed by atoms with van der Waals surface area (Å²) in [5.41, 5.74) is 3.63. The topological polar surface area (TPSA) is 32.3 Å². The molecule has 0 bridgehead atoms. The van der Waals surface area contributed by atoms with Gasteiger partial charge in [-0.25, -0.2) is 0 Å². The summed E-state index contributed by atoms with van der Waals surface area (Å²) < 4.78 is 0. The van der Waals surface area contributed by atoms with Crippen LogP contribution in [0.2, 0.25) is 0 Å². The summed E-state index contributed by atoms with van der Waals surface area (Å²) in [7, 11) is 0. The number of benzene rings is 2. The van der Waals surface area contributed by atoms with Crippen molar-refractivity contribution in [3.63, 3.8) is 0 Å². The molecular weight excluding hydrogens is 246 g/mol. The van der Waals surface area contributed by atoms with E-state index in [9.17, 15) is 5.11 Å². The zero-order chi connectivity index (χ0) is 13.9. The summed E-state index contributed by atoms with van der Waals surface area (Å²) in [4.78, 5) is 0. The van der Waals surface area contributed by atoms with Crippen molar-refractivity contribution >= 4 is 0 Å². The largest absolute Gasteiger partial charge is 0.387 e. The molecule has 0 fully saturated rings. The van der Waals surface area contributed by atoms with E-state index in [1.165, 1.54) is 11.1 Å². The van der Waals surface area contributed by atoms with E-state index < -0.39 is 6.10 Å². The molecule has 2 nitrogen and oxygen atoms in total. The van der Waals surface area contributed by atoms with Crippen LogP contribution in [0.1, 0.15) is 42.2 Å². The Hall–Kier alpha value is -1.64. The van der Waals surface area contributed by atoms with Gasteiger partial charge in [-0.15, -0.1) is 0 Å². The van der Waals surface area contributed by atoms with E-state index >= 15 is 0 Å². The van der Waals surface area contributed by atoms with Crippen LogP contribution in [0.3, 0.4) is 0 Å². The molecule has 0 unspecified atom stereocenters. The van der Waals surface area contributed by atoms with E-state index in [-0.39, 0.29) is 12.1 Å². The SMILES string of the molecule is C[C@H](N[C@H]1CCc2ccccc2[C@@H]1O)c1ccccc1. The highest BCUT2D eigenvalue weighted by molar-refractivity contribution is 5.33. The van der Waals surface area contributed by atoms with Crippen LogP contribution in [0.5, 0.6) is 0 Å². The summed E-state index contributed by atoms with van der Waals surface area (Å²) in [6.07, 6.45) is 1.60. The molecule has 20 heavy (non-hydrogen) atoms. The van der Waals surface area contributed by atoms with Crippen LogP contribution < -0.4 is 5.32 Å². The van der Waals surface area contributed by atoms with Crippen LogP contribution in [-0.2, 0) is 6.42 Å². The number of hydrogen-bond donors (Lipinski definition) is 2. The Labute approximate surface area is 120 Å². The summed E-state index contributed by atoms with van der Waals surface area (Å²) in [5.74, 6) is 0. The zero-order valence-corrected chi connectivity index (χ0v) is 11.8. The van der Waals surface area contributed by atoms with Crippen LogP contribution in [0.15, 0.2) is 54.6 Å². The van der Waals surface area contributed by atoms with E-state index in [4.69, 9.17) is 0 Å². The number of rotatable bonds is 3. The van der Waals surface area contributed by atoms with Gasteiger partial charge < -0.3 is 10.4 Å². The first-order valence-corrected chi connectivity index (χ1v) is 7.32. The molecular formula is C18H21NO. The van der Waals surface area contributed by atoms with E-state index in [0.29, 0.717) is 0 Å². The minimum absolute atomic E-state index is 0.125. The van der Waals surface area contributed by atoms with Gasteiger partial charge in [0.25, 0.3) is 0 Å². The lowest BCUT2D eigenvalue weighted by atomic mass is 9.85. The Kier molecular flexibility index (Phi) is 3.86. The monoisotopic (exact) mass is 267 g/mol. The number of aliphatic hydroxyl groups excluding tert-OH is 1. The van der Waals surface area contributed by atoms with Crippen LogP contribution in [-0.4, -0.2) is 11.1 Å². The lowest BCUT2D eigenvalue weighted by Gasteiger charge is -2.33. The van der Waals surface area contributed by atoms with Crippen molar-refractivity contribution in [3.05, 3.63) is 71.3 Å². The maximum absolute atomic E-state index is 10.6. The van der Waals surface area contributed by atoms with E-state index in [2.05, 4.69) is 42.6 Å². The standard InChI is InChI=1S/C18H21NO/c1-13(14-7-3-2-4-8-14)19-17-12-11-15-9-5-6-10-16(15)18(17)20/h2-10,13,17-20H,11-12H2,1H3/t13-,17-,18-/m0/s1. The first kappa shape index (κ1) is 13.3. The first-order valence-electron chi connectivity index (χ1n) is 7.32. The van der Waals surface area contributed by atoms with Crippen LogP contribution in [0, 0.1) is 0 Å². The molecule has 2 N–H and O–H groups in total. The van der Waals surface area contributed by atoms with E-state index in [1.807, 2.05) is 24.3 Å². The second-order valence-electron chi connectivity index (χ2n) is 5.59. The molecule has 1 aliphatic rings. The van der Waals surface area contributed by atoms with Crippen molar-refractivity contribution in [1.29, 1.82) is 0 Å². The third-order valence-corrected chi connectivity index (χ3v) is 4.24. The predicted molar refractivity (Wildman–Crippen MR) is 81.5 cm³/mol. The Morgan fingerprint density at radius 2 is 1.75 bits per heavy atom. The molecule has 2 heteroatoms. The molecule has 2 aromatic rings. The average molecular weight is 267 g/mol. The molecule has 0 radical (unpaired) electrons. The Morgan fingerprint density at radius 3 is 2.55 bits per heavy atom. The molecule has 3 atom stereocenters. The predicted octanol–water partition coefficient (Wildman–Crippen LogP) is 3.39. The highest BCUT2D eigenvalue weighted by atomic mass is 16.3. The Balaban J connectivity index is 1.73. The fourth-order valence-corrected chi connectivity index (χ4v) is 3.07. The van der Waals surface area contributed by atoms with Gasteiger partial charge in [0.15, 0.2) is 0 Å². The molecule has 0 heterocycles. The van der Waals surface area contributed by atoms with Crippen molar-refractivity contribution in [1.82, 2.24) is 5.32 Å². The van der Waals surface area contributed by atoms with Gasteiger partial charge >= 0.3 is 0 Å². The van der Waals surface area contributed by atoms with Crippen molar-refractivity contribution in [2.75, 3.05) is 0 Å². The molecule has 0 saturated heterocycles. The minimum Gasteiger partial charge on any atom is -0.387 e. The summed E-state index contributed by atoms with van der Waals surface area (Å²) in [6, 6.07) is 19.0. The van der Waals surface area contributed by atoms with Crippen molar-refractivity contribution < 1.29 is 5.11 Å². The second kappa shape index (κ2) is 5.78. The lowest BCUT2D eigenvalue weighted by Crippen LogP contribution is -2.39. The molecule has 0 spiro atoms. The molecule has 2 aromatic carbocycles. The van der Waals surface area contributed by atoms with Crippen molar-refractivity contribution in [3.8, 4) is 0 Å². The first-order chi connectivity index (χ1) is 9.75. The molecule has 0 aromatic heterocycles. The Morgan fingerprint density at radius 1 is 1.05 bits per heavy atom. The molecule has 0 saturated carbocycles. The van der Waals surface area contributed by atoms with Gasteiger partial charge in [0.05, 0.1) is 6.10 Å². The highest BCUT2D eigenvalue weighted by Gasteiger charge is 2.28. The van der Waals surface area contributed by atoms with Crippen molar-refractivity contribution in [2.45, 2.75) is 38.0 Å². The third kappa shape index (κ3) is 2.62. The van der Waals surface area contributed by atoms with Gasteiger partial charge in [-0.2, -0.15) is 0 Å². The number of fused-ring (bicyclic) bond motifs is 1. The van der Waals surface area contributed by atoms with Gasteiger partial charge in [-0.05, 0) is 36.5 Å². The normalized spacial score (nSPS) is 23.1. The highest BCUT2D eigenvalue weighted by Crippen LogP contribution is 2.31. The number of nitrogens with one attached hydrogen (secondary N) is 1. The molecule has 0 aliphatic heterocycles. The van der Waals surface area contributed by atoms with E-state index in [0.717, 1.165) is 18.4 Å². The summed E-state index contributed by atoms with van der Waals surface area (Å²) in [5, 5.41) is 14.1. The van der Waals surface area contributed by atoms with Crippen molar-refractivity contribution in [2.24, 2.45) is 0 Å². The smallest absolute Gasteiger partial charge is 0.0945 e. The maximum Gasteiger partial charge on any atom is 0.0945 e. The maximum atomic E-state index is 10.6. The van der Waals surface area contributed by atoms with Gasteiger partial charge in [0.2, 0.25) is 0 Å². The number of hydrogen-bond acceptors (Lipinski definition) is 2.